The third-order valence-electron chi connectivity index (χ3n) is 9.64. The van der Waals surface area contributed by atoms with Crippen LogP contribution in [-0.2, 0) is 0 Å². The Labute approximate surface area is 282 Å². The van der Waals surface area contributed by atoms with Crippen molar-refractivity contribution in [2.75, 3.05) is 4.90 Å². The minimum atomic E-state index is 0.858. The SMILES string of the molecule is c1ccc(-c2cccc(N(c3cccc(-c4cccc5c4oc4ccccc45)c3)c3cccc4oc5c6ccccc6ccc5c34)c2)cc1. The molecule has 0 radical (unpaired) electrons. The Bertz CT molecular complexity index is 2840. The van der Waals surface area contributed by atoms with Crippen LogP contribution in [0, 0.1) is 0 Å². The topological polar surface area (TPSA) is 29.5 Å². The van der Waals surface area contributed by atoms with Crippen LogP contribution in [0.5, 0.6) is 0 Å². The molecule has 0 atom stereocenters. The van der Waals surface area contributed by atoms with Gasteiger partial charge in [-0.3, -0.25) is 0 Å². The van der Waals surface area contributed by atoms with Gasteiger partial charge in [0, 0.05) is 38.5 Å². The van der Waals surface area contributed by atoms with Gasteiger partial charge in [-0.1, -0.05) is 127 Å². The molecule has 0 saturated heterocycles. The van der Waals surface area contributed by atoms with Crippen molar-refractivity contribution in [3.63, 3.8) is 0 Å². The second-order valence-electron chi connectivity index (χ2n) is 12.5. The van der Waals surface area contributed by atoms with Crippen molar-refractivity contribution in [2.45, 2.75) is 0 Å². The lowest BCUT2D eigenvalue weighted by Crippen LogP contribution is -2.10. The highest BCUT2D eigenvalue weighted by Crippen LogP contribution is 2.46. The van der Waals surface area contributed by atoms with E-state index in [0.29, 0.717) is 0 Å². The van der Waals surface area contributed by atoms with E-state index < -0.39 is 0 Å². The summed E-state index contributed by atoms with van der Waals surface area (Å²) in [5.74, 6) is 0. The molecule has 3 heteroatoms. The predicted molar refractivity (Wildman–Crippen MR) is 204 cm³/mol. The van der Waals surface area contributed by atoms with E-state index in [4.69, 9.17) is 8.83 Å². The van der Waals surface area contributed by atoms with E-state index in [0.717, 1.165) is 88.4 Å². The largest absolute Gasteiger partial charge is 0.455 e. The Morgan fingerprint density at radius 2 is 1.00 bits per heavy atom. The van der Waals surface area contributed by atoms with E-state index >= 15 is 0 Å². The van der Waals surface area contributed by atoms with Gasteiger partial charge in [-0.25, -0.2) is 0 Å². The van der Waals surface area contributed by atoms with Gasteiger partial charge in [-0.15, -0.1) is 0 Å². The van der Waals surface area contributed by atoms with Gasteiger partial charge in [0.1, 0.15) is 22.3 Å². The normalized spacial score (nSPS) is 11.7. The van der Waals surface area contributed by atoms with Gasteiger partial charge < -0.3 is 13.7 Å². The number of benzene rings is 8. The summed E-state index contributed by atoms with van der Waals surface area (Å²) in [7, 11) is 0. The first-order chi connectivity index (χ1) is 24.3. The summed E-state index contributed by atoms with van der Waals surface area (Å²) in [6.07, 6.45) is 0. The van der Waals surface area contributed by atoms with Gasteiger partial charge >= 0.3 is 0 Å². The molecule has 0 saturated carbocycles. The number of para-hydroxylation sites is 2. The number of furan rings is 2. The average molecular weight is 628 g/mol. The first kappa shape index (κ1) is 27.5. The molecule has 230 valence electrons. The van der Waals surface area contributed by atoms with Crippen LogP contribution >= 0.6 is 0 Å². The Morgan fingerprint density at radius 3 is 1.88 bits per heavy atom. The molecule has 49 heavy (non-hydrogen) atoms. The fraction of sp³-hybridized carbons (Fsp3) is 0. The molecule has 2 heterocycles. The van der Waals surface area contributed by atoms with E-state index in [1.54, 1.807) is 0 Å². The lowest BCUT2D eigenvalue weighted by molar-refractivity contribution is 0.670. The van der Waals surface area contributed by atoms with Crippen LogP contribution in [0.1, 0.15) is 0 Å². The van der Waals surface area contributed by atoms with E-state index in [1.165, 1.54) is 5.56 Å². The first-order valence-electron chi connectivity index (χ1n) is 16.6. The second kappa shape index (κ2) is 11.0. The Hall–Kier alpha value is -6.58. The van der Waals surface area contributed by atoms with E-state index in [9.17, 15) is 0 Å². The highest BCUT2D eigenvalue weighted by atomic mass is 16.3. The quantitative estimate of drug-likeness (QED) is 0.190. The molecule has 8 aromatic carbocycles. The van der Waals surface area contributed by atoms with Crippen LogP contribution in [0.4, 0.5) is 17.1 Å². The van der Waals surface area contributed by atoms with Gasteiger partial charge in [-0.2, -0.15) is 0 Å². The number of anilines is 3. The lowest BCUT2D eigenvalue weighted by Gasteiger charge is -2.27. The van der Waals surface area contributed by atoms with Crippen LogP contribution in [0.25, 0.3) is 76.9 Å². The molecule has 0 amide bonds. The van der Waals surface area contributed by atoms with E-state index in [1.807, 2.05) is 12.1 Å². The molecule has 0 bridgehead atoms. The Kier molecular flexibility index (Phi) is 6.18. The molecule has 0 aliphatic carbocycles. The summed E-state index contributed by atoms with van der Waals surface area (Å²) < 4.78 is 13.1. The fourth-order valence-corrected chi connectivity index (χ4v) is 7.39. The second-order valence-corrected chi connectivity index (χ2v) is 12.5. The molecule has 10 rings (SSSR count). The maximum absolute atomic E-state index is 6.65. The summed E-state index contributed by atoms with van der Waals surface area (Å²) >= 11 is 0. The standard InChI is InChI=1S/C46H29NO2/c1-2-12-30(13-3-1)32-15-8-17-34(28-32)47(41-23-11-25-43-44(41)40-27-26-31-14-4-5-19-36(31)46(40)49-43)35-18-9-16-33(29-35)37-21-10-22-39-38-20-6-7-24-42(38)48-45(37)39/h1-29H. The first-order valence-corrected chi connectivity index (χ1v) is 16.6. The molecule has 2 aromatic heterocycles. The van der Waals surface area contributed by atoms with Crippen LogP contribution in [0.3, 0.4) is 0 Å². The van der Waals surface area contributed by atoms with E-state index in [2.05, 4.69) is 169 Å². The molecule has 0 aliphatic heterocycles. The monoisotopic (exact) mass is 627 g/mol. The summed E-state index contributed by atoms with van der Waals surface area (Å²) in [6.45, 7) is 0. The Morgan fingerprint density at radius 1 is 0.367 bits per heavy atom. The zero-order chi connectivity index (χ0) is 32.3. The van der Waals surface area contributed by atoms with Crippen molar-refractivity contribution >= 4 is 71.7 Å². The van der Waals surface area contributed by atoms with Crippen molar-refractivity contribution in [3.05, 3.63) is 176 Å². The zero-order valence-corrected chi connectivity index (χ0v) is 26.5. The van der Waals surface area contributed by atoms with Crippen LogP contribution < -0.4 is 4.90 Å². The molecular weight excluding hydrogens is 599 g/mol. The highest BCUT2D eigenvalue weighted by Gasteiger charge is 2.22. The molecule has 0 unspecified atom stereocenters. The van der Waals surface area contributed by atoms with Gasteiger partial charge in [0.2, 0.25) is 0 Å². The maximum atomic E-state index is 6.65. The van der Waals surface area contributed by atoms with Gasteiger partial charge in [0.25, 0.3) is 0 Å². The van der Waals surface area contributed by atoms with Crippen molar-refractivity contribution in [2.24, 2.45) is 0 Å². The van der Waals surface area contributed by atoms with Crippen LogP contribution in [-0.4, -0.2) is 0 Å². The Balaban J connectivity index is 1.23. The highest BCUT2D eigenvalue weighted by molar-refractivity contribution is 6.19. The molecule has 0 spiro atoms. The lowest BCUT2D eigenvalue weighted by atomic mass is 10.00. The molecule has 0 fully saturated rings. The van der Waals surface area contributed by atoms with E-state index in [-0.39, 0.29) is 0 Å². The molecular formula is C46H29NO2. The number of fused-ring (bicyclic) bond motifs is 8. The summed E-state index contributed by atoms with van der Waals surface area (Å²) in [4.78, 5) is 2.36. The van der Waals surface area contributed by atoms with Crippen molar-refractivity contribution in [1.82, 2.24) is 0 Å². The average Bonchev–Trinajstić information content (AvgIpc) is 3.75. The minimum Gasteiger partial charge on any atom is -0.455 e. The number of hydrogen-bond donors (Lipinski definition) is 0. The van der Waals surface area contributed by atoms with Gasteiger partial charge in [-0.05, 0) is 70.6 Å². The number of rotatable bonds is 5. The van der Waals surface area contributed by atoms with Crippen LogP contribution in [0.2, 0.25) is 0 Å². The summed E-state index contributed by atoms with van der Waals surface area (Å²) in [6, 6.07) is 62.0. The maximum Gasteiger partial charge on any atom is 0.143 e. The van der Waals surface area contributed by atoms with Gasteiger partial charge in [0.15, 0.2) is 0 Å². The smallest absolute Gasteiger partial charge is 0.143 e. The third kappa shape index (κ3) is 4.44. The van der Waals surface area contributed by atoms with Crippen molar-refractivity contribution in [3.8, 4) is 22.3 Å². The molecule has 3 nitrogen and oxygen atoms in total. The fourth-order valence-electron chi connectivity index (χ4n) is 7.39. The summed E-state index contributed by atoms with van der Waals surface area (Å²) in [5, 5.41) is 6.69. The van der Waals surface area contributed by atoms with Crippen molar-refractivity contribution < 1.29 is 8.83 Å². The third-order valence-corrected chi connectivity index (χ3v) is 9.64. The molecule has 10 aromatic rings. The zero-order valence-electron chi connectivity index (χ0n) is 26.5. The van der Waals surface area contributed by atoms with Crippen molar-refractivity contribution in [1.29, 1.82) is 0 Å². The molecule has 0 N–H and O–H groups in total. The predicted octanol–water partition coefficient (Wildman–Crippen LogP) is 13.4. The van der Waals surface area contributed by atoms with Crippen LogP contribution in [0.15, 0.2) is 185 Å². The minimum absolute atomic E-state index is 0.858. The number of hydrogen-bond acceptors (Lipinski definition) is 3. The number of nitrogens with zero attached hydrogens (tertiary/aromatic N) is 1. The summed E-state index contributed by atoms with van der Waals surface area (Å²) in [5.41, 5.74) is 11.2. The molecule has 0 aliphatic rings. The van der Waals surface area contributed by atoms with Gasteiger partial charge in [0.05, 0.1) is 11.1 Å².